The van der Waals surface area contributed by atoms with Gasteiger partial charge in [0.25, 0.3) is 5.91 Å². The first-order valence-corrected chi connectivity index (χ1v) is 7.48. The summed E-state index contributed by atoms with van der Waals surface area (Å²) in [5, 5.41) is 3.02. The zero-order valence-electron chi connectivity index (χ0n) is 9.51. The van der Waals surface area contributed by atoms with Gasteiger partial charge in [-0.05, 0) is 52.9 Å². The minimum Gasteiger partial charge on any atom is -0.352 e. The number of halogens is 2. The van der Waals surface area contributed by atoms with E-state index in [1.165, 1.54) is 25.7 Å². The van der Waals surface area contributed by atoms with Crippen molar-refractivity contribution in [3.63, 3.8) is 0 Å². The summed E-state index contributed by atoms with van der Waals surface area (Å²) >= 11 is 6.79. The highest BCUT2D eigenvalue weighted by molar-refractivity contribution is 9.11. The summed E-state index contributed by atoms with van der Waals surface area (Å²) in [6, 6.07) is 5.61. The summed E-state index contributed by atoms with van der Waals surface area (Å²) in [4.78, 5) is 12.0. The summed E-state index contributed by atoms with van der Waals surface area (Å²) in [5.74, 6) is 0.685. The van der Waals surface area contributed by atoms with Crippen LogP contribution >= 0.6 is 31.9 Å². The van der Waals surface area contributed by atoms with E-state index in [0.29, 0.717) is 11.5 Å². The molecule has 2 rings (SSSR count). The Kier molecular flexibility index (Phi) is 4.62. The molecule has 1 saturated carbocycles. The largest absolute Gasteiger partial charge is 0.352 e. The lowest BCUT2D eigenvalue weighted by Gasteiger charge is -2.11. The molecule has 0 atom stereocenters. The average molecular weight is 361 g/mol. The monoisotopic (exact) mass is 359 g/mol. The molecule has 0 saturated heterocycles. The molecule has 0 radical (unpaired) electrons. The maximum atomic E-state index is 12.0. The average Bonchev–Trinajstić information content (AvgIpc) is 2.78. The van der Waals surface area contributed by atoms with Crippen molar-refractivity contribution in [2.24, 2.45) is 5.92 Å². The number of hydrogen-bond donors (Lipinski definition) is 1. The minimum absolute atomic E-state index is 0.0104. The van der Waals surface area contributed by atoms with Crippen LogP contribution in [0.15, 0.2) is 27.1 Å². The molecule has 1 amide bonds. The van der Waals surface area contributed by atoms with Crippen molar-refractivity contribution in [1.82, 2.24) is 5.32 Å². The van der Waals surface area contributed by atoms with Gasteiger partial charge in [-0.15, -0.1) is 0 Å². The molecule has 0 spiro atoms. The lowest BCUT2D eigenvalue weighted by atomic mass is 10.1. The molecular weight excluding hydrogens is 346 g/mol. The van der Waals surface area contributed by atoms with Gasteiger partial charge in [-0.1, -0.05) is 28.8 Å². The Labute approximate surface area is 118 Å². The van der Waals surface area contributed by atoms with Crippen molar-refractivity contribution in [2.45, 2.75) is 25.7 Å². The molecule has 0 bridgehead atoms. The number of rotatable bonds is 3. The standard InChI is InChI=1S/C13H15Br2NO/c14-10-5-6-11(12(15)7-10)13(17)16-8-9-3-1-2-4-9/h5-7,9H,1-4,8H2,(H,16,17). The lowest BCUT2D eigenvalue weighted by molar-refractivity contribution is 0.0946. The molecule has 1 aromatic rings. The first kappa shape index (κ1) is 13.1. The summed E-state index contributed by atoms with van der Waals surface area (Å²) < 4.78 is 1.80. The van der Waals surface area contributed by atoms with E-state index in [0.717, 1.165) is 15.5 Å². The predicted octanol–water partition coefficient (Wildman–Crippen LogP) is 4.13. The van der Waals surface area contributed by atoms with E-state index in [-0.39, 0.29) is 5.91 Å². The SMILES string of the molecule is O=C(NCC1CCCC1)c1ccc(Br)cc1Br. The first-order valence-electron chi connectivity index (χ1n) is 5.90. The van der Waals surface area contributed by atoms with Gasteiger partial charge in [-0.25, -0.2) is 0 Å². The Morgan fingerprint density at radius 2 is 2.00 bits per heavy atom. The molecule has 0 aliphatic heterocycles. The number of hydrogen-bond acceptors (Lipinski definition) is 1. The molecule has 0 unspecified atom stereocenters. The van der Waals surface area contributed by atoms with Gasteiger partial charge in [0, 0.05) is 15.5 Å². The molecule has 0 aromatic heterocycles. The quantitative estimate of drug-likeness (QED) is 0.862. The number of nitrogens with one attached hydrogen (secondary N) is 1. The second-order valence-corrected chi connectivity index (χ2v) is 6.25. The van der Waals surface area contributed by atoms with E-state index < -0.39 is 0 Å². The van der Waals surface area contributed by atoms with E-state index in [4.69, 9.17) is 0 Å². The molecule has 4 heteroatoms. The van der Waals surface area contributed by atoms with Gasteiger partial charge in [0.2, 0.25) is 0 Å². The highest BCUT2D eigenvalue weighted by Gasteiger charge is 2.17. The fourth-order valence-corrected chi connectivity index (χ4v) is 3.45. The van der Waals surface area contributed by atoms with Crippen molar-refractivity contribution in [2.75, 3.05) is 6.54 Å². The van der Waals surface area contributed by atoms with Gasteiger partial charge in [0.15, 0.2) is 0 Å². The van der Waals surface area contributed by atoms with Crippen LogP contribution < -0.4 is 5.32 Å². The van der Waals surface area contributed by atoms with Crippen LogP contribution in [0.2, 0.25) is 0 Å². The molecule has 92 valence electrons. The van der Waals surface area contributed by atoms with Crippen LogP contribution in [0, 0.1) is 5.92 Å². The van der Waals surface area contributed by atoms with E-state index in [2.05, 4.69) is 37.2 Å². The fourth-order valence-electron chi connectivity index (χ4n) is 2.22. The van der Waals surface area contributed by atoms with E-state index in [1.807, 2.05) is 18.2 Å². The second-order valence-electron chi connectivity index (χ2n) is 4.48. The van der Waals surface area contributed by atoms with Gasteiger partial charge in [-0.3, -0.25) is 4.79 Å². The van der Waals surface area contributed by atoms with Crippen molar-refractivity contribution >= 4 is 37.8 Å². The predicted molar refractivity (Wildman–Crippen MR) is 76.1 cm³/mol. The normalized spacial score (nSPS) is 16.1. The topological polar surface area (TPSA) is 29.1 Å². The zero-order chi connectivity index (χ0) is 12.3. The van der Waals surface area contributed by atoms with Gasteiger partial charge in [-0.2, -0.15) is 0 Å². The van der Waals surface area contributed by atoms with E-state index >= 15 is 0 Å². The summed E-state index contributed by atoms with van der Waals surface area (Å²) in [5.41, 5.74) is 0.700. The molecule has 1 aliphatic rings. The molecule has 17 heavy (non-hydrogen) atoms. The van der Waals surface area contributed by atoms with Crippen molar-refractivity contribution < 1.29 is 4.79 Å². The Morgan fingerprint density at radius 1 is 1.29 bits per heavy atom. The van der Waals surface area contributed by atoms with Crippen LogP contribution in [-0.4, -0.2) is 12.5 Å². The molecule has 0 heterocycles. The number of carbonyl (C=O) groups is 1. The third-order valence-electron chi connectivity index (χ3n) is 3.20. The highest BCUT2D eigenvalue weighted by Crippen LogP contribution is 2.25. The fraction of sp³-hybridized carbons (Fsp3) is 0.462. The number of amides is 1. The molecule has 1 aliphatic carbocycles. The third kappa shape index (κ3) is 3.55. The summed E-state index contributed by atoms with van der Waals surface area (Å²) in [6.45, 7) is 0.807. The molecule has 1 aromatic carbocycles. The number of carbonyl (C=O) groups excluding carboxylic acids is 1. The van der Waals surface area contributed by atoms with Crippen molar-refractivity contribution in [3.05, 3.63) is 32.7 Å². The third-order valence-corrected chi connectivity index (χ3v) is 4.35. The van der Waals surface area contributed by atoms with Crippen LogP contribution in [0.25, 0.3) is 0 Å². The second kappa shape index (κ2) is 6.01. The van der Waals surface area contributed by atoms with Crippen LogP contribution in [-0.2, 0) is 0 Å². The first-order chi connectivity index (χ1) is 8.16. The van der Waals surface area contributed by atoms with Crippen LogP contribution in [0.3, 0.4) is 0 Å². The van der Waals surface area contributed by atoms with Crippen molar-refractivity contribution in [3.8, 4) is 0 Å². The Morgan fingerprint density at radius 3 is 2.65 bits per heavy atom. The van der Waals surface area contributed by atoms with Gasteiger partial charge in [0.1, 0.15) is 0 Å². The van der Waals surface area contributed by atoms with Gasteiger partial charge >= 0.3 is 0 Å². The number of benzene rings is 1. The van der Waals surface area contributed by atoms with E-state index in [1.54, 1.807) is 0 Å². The van der Waals surface area contributed by atoms with E-state index in [9.17, 15) is 4.79 Å². The smallest absolute Gasteiger partial charge is 0.252 e. The maximum absolute atomic E-state index is 12.0. The lowest BCUT2D eigenvalue weighted by Crippen LogP contribution is -2.28. The Balaban J connectivity index is 1.94. The van der Waals surface area contributed by atoms with Crippen LogP contribution in [0.5, 0.6) is 0 Å². The van der Waals surface area contributed by atoms with Crippen LogP contribution in [0.4, 0.5) is 0 Å². The molecular formula is C13H15Br2NO. The summed E-state index contributed by atoms with van der Waals surface area (Å²) in [6.07, 6.45) is 5.12. The Hall–Kier alpha value is -0.350. The minimum atomic E-state index is 0.0104. The van der Waals surface area contributed by atoms with Crippen LogP contribution in [0.1, 0.15) is 36.0 Å². The molecule has 2 nitrogen and oxygen atoms in total. The maximum Gasteiger partial charge on any atom is 0.252 e. The molecule has 1 fully saturated rings. The van der Waals surface area contributed by atoms with Gasteiger partial charge in [0.05, 0.1) is 5.56 Å². The molecule has 1 N–H and O–H groups in total. The summed E-state index contributed by atoms with van der Waals surface area (Å²) in [7, 11) is 0. The Bertz CT molecular complexity index is 414. The van der Waals surface area contributed by atoms with Gasteiger partial charge < -0.3 is 5.32 Å². The van der Waals surface area contributed by atoms with Crippen molar-refractivity contribution in [1.29, 1.82) is 0 Å². The zero-order valence-corrected chi connectivity index (χ0v) is 12.7. The highest BCUT2D eigenvalue weighted by atomic mass is 79.9.